The van der Waals surface area contributed by atoms with E-state index < -0.39 is 17.4 Å². The molecule has 0 heterocycles. The van der Waals surface area contributed by atoms with Crippen molar-refractivity contribution in [3.8, 4) is 5.75 Å². The molecule has 19 heavy (non-hydrogen) atoms. The molecule has 5 nitrogen and oxygen atoms in total. The summed E-state index contributed by atoms with van der Waals surface area (Å²) < 4.78 is 23.7. The molecule has 0 spiro atoms. The number of nitrogens with one attached hydrogen (secondary N) is 1. The summed E-state index contributed by atoms with van der Waals surface area (Å²) in [6, 6.07) is 4.13. The van der Waals surface area contributed by atoms with Gasteiger partial charge in [0.15, 0.2) is 12.4 Å². The molecule has 0 aliphatic carbocycles. The topological polar surface area (TPSA) is 56.8 Å². The lowest BCUT2D eigenvalue weighted by atomic mass is 10.2. The van der Waals surface area contributed by atoms with Crippen molar-refractivity contribution < 1.29 is 23.5 Å². The summed E-state index contributed by atoms with van der Waals surface area (Å²) in [5, 5.41) is 0. The number of carbonyl (C=O) groups excluding carboxylic acids is 1. The van der Waals surface area contributed by atoms with Gasteiger partial charge in [0.2, 0.25) is 0 Å². The van der Waals surface area contributed by atoms with E-state index in [2.05, 4.69) is 10.3 Å². The van der Waals surface area contributed by atoms with E-state index >= 15 is 0 Å². The molecule has 1 aromatic rings. The Labute approximate surface area is 111 Å². The fourth-order valence-electron chi connectivity index (χ4n) is 1.29. The number of anilines is 1. The minimum Gasteiger partial charge on any atom is -0.482 e. The predicted octanol–water partition coefficient (Wildman–Crippen LogP) is 2.52. The number of rotatable bonds is 5. The van der Waals surface area contributed by atoms with Gasteiger partial charge in [0.1, 0.15) is 11.4 Å². The van der Waals surface area contributed by atoms with Crippen LogP contribution in [0, 0.1) is 5.82 Å². The van der Waals surface area contributed by atoms with Gasteiger partial charge in [-0.2, -0.15) is 0 Å². The molecule has 106 valence electrons. The Hall–Kier alpha value is -1.82. The van der Waals surface area contributed by atoms with Crippen molar-refractivity contribution in [3.63, 3.8) is 0 Å². The predicted molar refractivity (Wildman–Crippen MR) is 68.4 cm³/mol. The minimum atomic E-state index is -0.571. The van der Waals surface area contributed by atoms with Gasteiger partial charge >= 0.3 is 5.97 Å². The van der Waals surface area contributed by atoms with Crippen LogP contribution < -0.4 is 10.2 Å². The number of ether oxygens (including phenoxy) is 2. The number of benzene rings is 1. The molecule has 0 atom stereocenters. The first kappa shape index (κ1) is 15.2. The third-order valence-corrected chi connectivity index (χ3v) is 1.93. The molecule has 6 heteroatoms. The standard InChI is InChI=1S/C13H18FNO4/c1-13(2,3)19-12(16)8-18-9-5-6-11(15-17-4)10(14)7-9/h5-7,15H,8H2,1-4H3. The molecule has 0 amide bonds. The second-order valence-corrected chi connectivity index (χ2v) is 4.82. The number of hydrogen-bond donors (Lipinski definition) is 1. The molecule has 0 saturated heterocycles. The maximum atomic E-state index is 13.5. The lowest BCUT2D eigenvalue weighted by molar-refractivity contribution is -0.157. The lowest BCUT2D eigenvalue weighted by Gasteiger charge is -2.19. The Morgan fingerprint density at radius 1 is 1.37 bits per heavy atom. The Morgan fingerprint density at radius 2 is 2.05 bits per heavy atom. The molecule has 0 aliphatic heterocycles. The molecule has 0 unspecified atom stereocenters. The summed E-state index contributed by atoms with van der Waals surface area (Å²) in [7, 11) is 1.38. The van der Waals surface area contributed by atoms with E-state index in [1.165, 1.54) is 19.2 Å². The highest BCUT2D eigenvalue weighted by Gasteiger charge is 2.16. The van der Waals surface area contributed by atoms with Crippen LogP contribution in [0.25, 0.3) is 0 Å². The summed E-state index contributed by atoms with van der Waals surface area (Å²) in [4.78, 5) is 16.0. The van der Waals surface area contributed by atoms with Crippen LogP contribution in [0.2, 0.25) is 0 Å². The van der Waals surface area contributed by atoms with E-state index in [1.54, 1.807) is 20.8 Å². The zero-order valence-electron chi connectivity index (χ0n) is 11.5. The highest BCUT2D eigenvalue weighted by atomic mass is 19.1. The van der Waals surface area contributed by atoms with Crippen LogP contribution in [0.3, 0.4) is 0 Å². The first-order chi connectivity index (χ1) is 8.81. The summed E-state index contributed by atoms with van der Waals surface area (Å²) in [5.74, 6) is -0.805. The molecule has 0 fully saturated rings. The van der Waals surface area contributed by atoms with Crippen LogP contribution in [0.15, 0.2) is 18.2 Å². The van der Waals surface area contributed by atoms with Gasteiger partial charge in [-0.3, -0.25) is 10.3 Å². The first-order valence-electron chi connectivity index (χ1n) is 5.75. The first-order valence-corrected chi connectivity index (χ1v) is 5.75. The smallest absolute Gasteiger partial charge is 0.344 e. The SMILES string of the molecule is CONc1ccc(OCC(=O)OC(C)(C)C)cc1F. The zero-order valence-corrected chi connectivity index (χ0v) is 11.5. The van der Waals surface area contributed by atoms with Crippen molar-refractivity contribution in [2.24, 2.45) is 0 Å². The summed E-state index contributed by atoms with van der Waals surface area (Å²) >= 11 is 0. The van der Waals surface area contributed by atoms with Crippen LogP contribution in [0.5, 0.6) is 5.75 Å². The Kier molecular flexibility index (Phi) is 5.11. The Balaban J connectivity index is 2.54. The van der Waals surface area contributed by atoms with Gasteiger partial charge < -0.3 is 9.47 Å². The number of esters is 1. The van der Waals surface area contributed by atoms with Gasteiger partial charge in [0, 0.05) is 6.07 Å². The third kappa shape index (κ3) is 5.56. The average molecular weight is 271 g/mol. The van der Waals surface area contributed by atoms with Gasteiger partial charge in [-0.15, -0.1) is 0 Å². The second-order valence-electron chi connectivity index (χ2n) is 4.82. The zero-order chi connectivity index (χ0) is 14.5. The van der Waals surface area contributed by atoms with Crippen molar-refractivity contribution >= 4 is 11.7 Å². The summed E-state index contributed by atoms with van der Waals surface area (Å²) in [6.45, 7) is 5.01. The molecular weight excluding hydrogens is 253 g/mol. The molecule has 0 saturated carbocycles. The van der Waals surface area contributed by atoms with Crippen molar-refractivity contribution in [2.75, 3.05) is 19.2 Å². The van der Waals surface area contributed by atoms with Crippen LogP contribution in [0.1, 0.15) is 20.8 Å². The van der Waals surface area contributed by atoms with Gasteiger partial charge in [0.25, 0.3) is 0 Å². The molecule has 0 aromatic heterocycles. The number of hydrogen-bond acceptors (Lipinski definition) is 5. The maximum absolute atomic E-state index is 13.5. The lowest BCUT2D eigenvalue weighted by Crippen LogP contribution is -2.27. The minimum absolute atomic E-state index is 0.187. The van der Waals surface area contributed by atoms with E-state index in [1.807, 2.05) is 0 Å². The highest BCUT2D eigenvalue weighted by molar-refractivity contribution is 5.71. The normalized spacial score (nSPS) is 11.0. The van der Waals surface area contributed by atoms with Crippen LogP contribution in [-0.2, 0) is 14.4 Å². The quantitative estimate of drug-likeness (QED) is 0.658. The van der Waals surface area contributed by atoms with E-state index in [4.69, 9.17) is 9.47 Å². The van der Waals surface area contributed by atoms with Crippen LogP contribution >= 0.6 is 0 Å². The van der Waals surface area contributed by atoms with E-state index in [9.17, 15) is 9.18 Å². The third-order valence-electron chi connectivity index (χ3n) is 1.93. The van der Waals surface area contributed by atoms with Crippen molar-refractivity contribution in [3.05, 3.63) is 24.0 Å². The van der Waals surface area contributed by atoms with E-state index in [0.717, 1.165) is 6.07 Å². The van der Waals surface area contributed by atoms with Gasteiger partial charge in [-0.25, -0.2) is 9.18 Å². The molecule has 0 aliphatic rings. The van der Waals surface area contributed by atoms with Gasteiger partial charge in [-0.1, -0.05) is 0 Å². The summed E-state index contributed by atoms with van der Waals surface area (Å²) in [5.41, 5.74) is 1.99. The maximum Gasteiger partial charge on any atom is 0.344 e. The Morgan fingerprint density at radius 3 is 2.58 bits per heavy atom. The van der Waals surface area contributed by atoms with Gasteiger partial charge in [-0.05, 0) is 32.9 Å². The molecule has 0 radical (unpaired) electrons. The number of halogens is 1. The van der Waals surface area contributed by atoms with Crippen molar-refractivity contribution in [1.29, 1.82) is 0 Å². The van der Waals surface area contributed by atoms with Crippen LogP contribution in [0.4, 0.5) is 10.1 Å². The Bertz CT molecular complexity index is 443. The fourth-order valence-corrected chi connectivity index (χ4v) is 1.29. The molecule has 1 rings (SSSR count). The molecule has 1 N–H and O–H groups in total. The largest absolute Gasteiger partial charge is 0.482 e. The number of carbonyl (C=O) groups is 1. The monoisotopic (exact) mass is 271 g/mol. The van der Waals surface area contributed by atoms with E-state index in [-0.39, 0.29) is 18.0 Å². The molecule has 1 aromatic carbocycles. The molecular formula is C13H18FNO4. The van der Waals surface area contributed by atoms with Crippen molar-refractivity contribution in [1.82, 2.24) is 0 Å². The van der Waals surface area contributed by atoms with E-state index in [0.29, 0.717) is 0 Å². The fraction of sp³-hybridized carbons (Fsp3) is 0.462. The highest BCUT2D eigenvalue weighted by Crippen LogP contribution is 2.20. The second kappa shape index (κ2) is 6.38. The summed E-state index contributed by atoms with van der Waals surface area (Å²) in [6.07, 6.45) is 0. The van der Waals surface area contributed by atoms with Crippen molar-refractivity contribution in [2.45, 2.75) is 26.4 Å². The van der Waals surface area contributed by atoms with Crippen LogP contribution in [-0.4, -0.2) is 25.3 Å². The average Bonchev–Trinajstić information content (AvgIpc) is 2.27. The van der Waals surface area contributed by atoms with Gasteiger partial charge in [0.05, 0.1) is 12.8 Å². The molecule has 0 bridgehead atoms.